The van der Waals surface area contributed by atoms with Crippen LogP contribution in [0.15, 0.2) is 0 Å². The van der Waals surface area contributed by atoms with Gasteiger partial charge in [-0.1, -0.05) is 0 Å². The number of nitrogens with one attached hydrogen (secondary N) is 2. The van der Waals surface area contributed by atoms with Crippen molar-refractivity contribution in [2.75, 3.05) is 13.7 Å². The van der Waals surface area contributed by atoms with Gasteiger partial charge in [0.1, 0.15) is 12.6 Å². The lowest BCUT2D eigenvalue weighted by Gasteiger charge is -2.14. The maximum Gasteiger partial charge on any atom is 0.394 e. The third-order valence-electron chi connectivity index (χ3n) is 1.83. The summed E-state index contributed by atoms with van der Waals surface area (Å²) in [5.74, 6) is -6.62. The van der Waals surface area contributed by atoms with Gasteiger partial charge in [-0.25, -0.2) is 4.79 Å². The first kappa shape index (κ1) is 16.4. The molecule has 0 heterocycles. The zero-order valence-electron chi connectivity index (χ0n) is 9.84. The SMILES string of the molecule is COC(=O)CNC(=O)[C@H](CC(=O)O)NC(=O)C(=O)O. The molecule has 0 saturated heterocycles. The molecule has 0 spiro atoms. The summed E-state index contributed by atoms with van der Waals surface area (Å²) >= 11 is 0. The number of rotatable bonds is 6. The van der Waals surface area contributed by atoms with E-state index in [0.717, 1.165) is 7.11 Å². The predicted octanol–water partition coefficient (Wildman–Crippen LogP) is -2.68. The van der Waals surface area contributed by atoms with Crippen LogP contribution < -0.4 is 10.6 Å². The summed E-state index contributed by atoms with van der Waals surface area (Å²) in [4.78, 5) is 53.9. The van der Waals surface area contributed by atoms with Crippen LogP contribution in [-0.4, -0.2) is 59.6 Å². The van der Waals surface area contributed by atoms with Crippen molar-refractivity contribution in [1.29, 1.82) is 0 Å². The summed E-state index contributed by atoms with van der Waals surface area (Å²) in [6.07, 6.45) is -0.827. The minimum absolute atomic E-state index is 0.533. The molecular weight excluding hydrogens is 264 g/mol. The van der Waals surface area contributed by atoms with E-state index in [1.807, 2.05) is 5.32 Å². The second-order valence-corrected chi connectivity index (χ2v) is 3.22. The first-order valence-electron chi connectivity index (χ1n) is 4.88. The summed E-state index contributed by atoms with van der Waals surface area (Å²) < 4.78 is 4.23. The van der Waals surface area contributed by atoms with E-state index >= 15 is 0 Å². The summed E-state index contributed by atoms with van der Waals surface area (Å²) in [5, 5.41) is 20.6. The van der Waals surface area contributed by atoms with Crippen LogP contribution in [0.25, 0.3) is 0 Å². The Morgan fingerprint density at radius 3 is 2.16 bits per heavy atom. The Morgan fingerprint density at radius 2 is 1.74 bits per heavy atom. The Hall–Kier alpha value is -2.65. The van der Waals surface area contributed by atoms with Crippen molar-refractivity contribution >= 4 is 29.7 Å². The van der Waals surface area contributed by atoms with Gasteiger partial charge in [0.25, 0.3) is 0 Å². The van der Waals surface area contributed by atoms with Gasteiger partial charge in [-0.3, -0.25) is 19.2 Å². The highest BCUT2D eigenvalue weighted by atomic mass is 16.5. The number of hydrogen-bond donors (Lipinski definition) is 4. The Balaban J connectivity index is 4.60. The summed E-state index contributed by atoms with van der Waals surface area (Å²) in [6, 6.07) is -1.61. The molecule has 19 heavy (non-hydrogen) atoms. The number of esters is 1. The fourth-order valence-electron chi connectivity index (χ4n) is 0.959. The lowest BCUT2D eigenvalue weighted by molar-refractivity contribution is -0.151. The molecule has 0 saturated carbocycles. The van der Waals surface area contributed by atoms with E-state index in [9.17, 15) is 24.0 Å². The van der Waals surface area contributed by atoms with Crippen LogP contribution >= 0.6 is 0 Å². The molecule has 0 aliphatic carbocycles. The molecule has 10 nitrogen and oxygen atoms in total. The van der Waals surface area contributed by atoms with Crippen molar-refractivity contribution in [3.63, 3.8) is 0 Å². The first-order chi connectivity index (χ1) is 8.77. The zero-order chi connectivity index (χ0) is 15.0. The molecule has 0 aromatic carbocycles. The molecular formula is C9H12N2O8. The largest absolute Gasteiger partial charge is 0.481 e. The normalized spacial score (nSPS) is 11.0. The maximum atomic E-state index is 11.5. The lowest BCUT2D eigenvalue weighted by Crippen LogP contribution is -2.50. The minimum atomic E-state index is -1.86. The molecule has 10 heteroatoms. The second kappa shape index (κ2) is 7.63. The van der Waals surface area contributed by atoms with E-state index in [0.29, 0.717) is 0 Å². The van der Waals surface area contributed by atoms with Crippen LogP contribution in [0.5, 0.6) is 0 Å². The number of hydrogen-bond acceptors (Lipinski definition) is 6. The summed E-state index contributed by atoms with van der Waals surface area (Å²) in [6.45, 7) is -0.533. The molecule has 0 bridgehead atoms. The van der Waals surface area contributed by atoms with Crippen LogP contribution in [0, 0.1) is 0 Å². The van der Waals surface area contributed by atoms with E-state index in [2.05, 4.69) is 4.74 Å². The number of carbonyl (C=O) groups excluding carboxylic acids is 3. The molecule has 2 amide bonds. The van der Waals surface area contributed by atoms with Gasteiger partial charge < -0.3 is 25.6 Å². The Morgan fingerprint density at radius 1 is 1.16 bits per heavy atom. The van der Waals surface area contributed by atoms with Crippen molar-refractivity contribution in [2.24, 2.45) is 0 Å². The fourth-order valence-corrected chi connectivity index (χ4v) is 0.959. The van der Waals surface area contributed by atoms with E-state index < -0.39 is 48.7 Å². The highest BCUT2D eigenvalue weighted by Crippen LogP contribution is 1.93. The van der Waals surface area contributed by atoms with Gasteiger partial charge in [0.15, 0.2) is 0 Å². The zero-order valence-corrected chi connectivity index (χ0v) is 9.84. The summed E-state index contributed by atoms with van der Waals surface area (Å²) in [7, 11) is 1.08. The quantitative estimate of drug-likeness (QED) is 0.301. The molecule has 0 unspecified atom stereocenters. The van der Waals surface area contributed by atoms with Gasteiger partial charge >= 0.3 is 23.8 Å². The van der Waals surface area contributed by atoms with Gasteiger partial charge in [-0.2, -0.15) is 0 Å². The molecule has 4 N–H and O–H groups in total. The lowest BCUT2D eigenvalue weighted by atomic mass is 10.2. The number of carboxylic acids is 2. The average molecular weight is 276 g/mol. The van der Waals surface area contributed by atoms with Gasteiger partial charge in [0, 0.05) is 0 Å². The van der Waals surface area contributed by atoms with E-state index in [4.69, 9.17) is 10.2 Å². The second-order valence-electron chi connectivity index (χ2n) is 3.22. The average Bonchev–Trinajstić information content (AvgIpc) is 2.33. The van der Waals surface area contributed by atoms with E-state index in [-0.39, 0.29) is 0 Å². The molecule has 0 fully saturated rings. The third-order valence-corrected chi connectivity index (χ3v) is 1.83. The van der Waals surface area contributed by atoms with Gasteiger partial charge in [0.05, 0.1) is 13.5 Å². The number of amides is 2. The van der Waals surface area contributed by atoms with Crippen LogP contribution in [0.1, 0.15) is 6.42 Å². The van der Waals surface area contributed by atoms with Gasteiger partial charge in [0.2, 0.25) is 5.91 Å². The fraction of sp³-hybridized carbons (Fsp3) is 0.444. The highest BCUT2D eigenvalue weighted by Gasteiger charge is 2.26. The van der Waals surface area contributed by atoms with Crippen molar-refractivity contribution < 1.29 is 38.9 Å². The van der Waals surface area contributed by atoms with Gasteiger partial charge in [-0.05, 0) is 0 Å². The topological polar surface area (TPSA) is 159 Å². The molecule has 0 aromatic heterocycles. The Kier molecular flexibility index (Phi) is 6.57. The molecule has 106 valence electrons. The van der Waals surface area contributed by atoms with Crippen molar-refractivity contribution in [3.8, 4) is 0 Å². The maximum absolute atomic E-state index is 11.5. The number of aliphatic carboxylic acids is 2. The standard InChI is InChI=1S/C9H12N2O8/c1-19-6(14)3-10-7(15)4(2-5(12)13)11-8(16)9(17)18/h4H,2-3H2,1H3,(H,10,15)(H,11,16)(H,12,13)(H,17,18)/t4-/m0/s1. The highest BCUT2D eigenvalue weighted by molar-refractivity contribution is 6.32. The predicted molar refractivity (Wildman–Crippen MR) is 56.8 cm³/mol. The minimum Gasteiger partial charge on any atom is -0.481 e. The van der Waals surface area contributed by atoms with Crippen LogP contribution in [0.3, 0.4) is 0 Å². The van der Waals surface area contributed by atoms with Crippen molar-refractivity contribution in [1.82, 2.24) is 10.6 Å². The smallest absolute Gasteiger partial charge is 0.394 e. The third kappa shape index (κ3) is 6.61. The Labute approximate surface area is 106 Å². The first-order valence-corrected chi connectivity index (χ1v) is 4.88. The number of methoxy groups -OCH3 is 1. The van der Waals surface area contributed by atoms with Gasteiger partial charge in [-0.15, -0.1) is 0 Å². The molecule has 0 aromatic rings. The van der Waals surface area contributed by atoms with E-state index in [1.54, 1.807) is 5.32 Å². The molecule has 1 atom stereocenters. The molecule has 0 aliphatic rings. The molecule has 0 aliphatic heterocycles. The van der Waals surface area contributed by atoms with Crippen LogP contribution in [0.2, 0.25) is 0 Å². The van der Waals surface area contributed by atoms with Crippen LogP contribution in [0.4, 0.5) is 0 Å². The van der Waals surface area contributed by atoms with Crippen LogP contribution in [-0.2, 0) is 28.7 Å². The Bertz CT molecular complexity index is 405. The number of ether oxygens (including phenoxy) is 1. The van der Waals surface area contributed by atoms with E-state index in [1.165, 1.54) is 0 Å². The number of carboxylic acid groups (broad SMARTS) is 2. The molecule has 0 radical (unpaired) electrons. The summed E-state index contributed by atoms with van der Waals surface area (Å²) in [5.41, 5.74) is 0. The monoisotopic (exact) mass is 276 g/mol. The molecule has 0 rings (SSSR count). The van der Waals surface area contributed by atoms with Crippen molar-refractivity contribution in [3.05, 3.63) is 0 Å². The number of carbonyl (C=O) groups is 5. The van der Waals surface area contributed by atoms with Crippen molar-refractivity contribution in [2.45, 2.75) is 12.5 Å².